The Morgan fingerprint density at radius 2 is 1.75 bits per heavy atom. The van der Waals surface area contributed by atoms with Crippen LogP contribution in [0.25, 0.3) is 0 Å². The van der Waals surface area contributed by atoms with Gasteiger partial charge in [0.25, 0.3) is 0 Å². The molecule has 1 atom stereocenters. The Labute approximate surface area is 127 Å². The van der Waals surface area contributed by atoms with Crippen LogP contribution in [0.5, 0.6) is 0 Å². The van der Waals surface area contributed by atoms with Crippen LogP contribution >= 0.6 is 0 Å². The first-order chi connectivity index (χ1) is 9.27. The van der Waals surface area contributed by atoms with Crippen molar-refractivity contribution in [2.24, 2.45) is 10.9 Å². The van der Waals surface area contributed by atoms with Gasteiger partial charge in [-0.3, -0.25) is 9.20 Å². The van der Waals surface area contributed by atoms with E-state index in [0.717, 1.165) is 24.8 Å². The molecule has 0 radical (unpaired) electrons. The molecule has 0 saturated heterocycles. The van der Waals surface area contributed by atoms with Crippen molar-refractivity contribution in [3.63, 3.8) is 0 Å². The van der Waals surface area contributed by atoms with Crippen LogP contribution in [0.2, 0.25) is 0 Å². The molecule has 5 heteroatoms. The second-order valence-electron chi connectivity index (χ2n) is 6.48. The van der Waals surface area contributed by atoms with Crippen LogP contribution in [0.4, 0.5) is 0 Å². The van der Waals surface area contributed by atoms with E-state index in [1.807, 2.05) is 20.8 Å². The molecule has 0 bridgehead atoms. The summed E-state index contributed by atoms with van der Waals surface area (Å²) in [6.45, 7) is 12.2. The van der Waals surface area contributed by atoms with E-state index in [1.54, 1.807) is 7.05 Å². The third kappa shape index (κ3) is 10.2. The number of hydrogen-bond donors (Lipinski definition) is 2. The highest BCUT2D eigenvalue weighted by molar-refractivity contribution is 7.86. The molecule has 0 aromatic rings. The third-order valence-electron chi connectivity index (χ3n) is 2.99. The van der Waals surface area contributed by atoms with Gasteiger partial charge in [-0.1, -0.05) is 26.7 Å². The van der Waals surface area contributed by atoms with Crippen molar-refractivity contribution >= 4 is 16.8 Å². The molecule has 0 aliphatic heterocycles. The van der Waals surface area contributed by atoms with Gasteiger partial charge in [0.2, 0.25) is 0 Å². The van der Waals surface area contributed by atoms with E-state index < -0.39 is 10.8 Å². The van der Waals surface area contributed by atoms with Gasteiger partial charge in [-0.15, -0.1) is 0 Å². The summed E-state index contributed by atoms with van der Waals surface area (Å²) < 4.78 is 11.8. The fourth-order valence-electron chi connectivity index (χ4n) is 1.67. The number of nitrogens with one attached hydrogen (secondary N) is 2. The van der Waals surface area contributed by atoms with E-state index in [4.69, 9.17) is 0 Å². The van der Waals surface area contributed by atoms with Crippen LogP contribution in [-0.2, 0) is 10.8 Å². The third-order valence-corrected chi connectivity index (χ3v) is 4.93. The second kappa shape index (κ2) is 10.2. The smallest absolute Gasteiger partial charge is 0.191 e. The number of hydrogen-bond acceptors (Lipinski definition) is 2. The van der Waals surface area contributed by atoms with E-state index in [2.05, 4.69) is 29.5 Å². The zero-order valence-corrected chi connectivity index (χ0v) is 14.9. The molecule has 1 unspecified atom stereocenters. The first kappa shape index (κ1) is 19.4. The Kier molecular flexibility index (Phi) is 9.90. The molecule has 0 saturated carbocycles. The topological polar surface area (TPSA) is 53.5 Å². The second-order valence-corrected chi connectivity index (χ2v) is 8.80. The lowest BCUT2D eigenvalue weighted by Gasteiger charge is -2.18. The van der Waals surface area contributed by atoms with Gasteiger partial charge < -0.3 is 10.6 Å². The summed E-state index contributed by atoms with van der Waals surface area (Å²) in [6.07, 6.45) is 3.68. The Morgan fingerprint density at radius 1 is 1.15 bits per heavy atom. The molecular formula is C15H33N3OS. The van der Waals surface area contributed by atoms with Crippen molar-refractivity contribution < 1.29 is 4.21 Å². The van der Waals surface area contributed by atoms with E-state index in [1.165, 1.54) is 12.8 Å². The summed E-state index contributed by atoms with van der Waals surface area (Å²) in [6, 6.07) is 0. The number of guanidine groups is 1. The maximum Gasteiger partial charge on any atom is 0.191 e. The lowest BCUT2D eigenvalue weighted by Crippen LogP contribution is -2.40. The molecule has 4 nitrogen and oxygen atoms in total. The van der Waals surface area contributed by atoms with E-state index in [9.17, 15) is 4.21 Å². The molecule has 0 spiro atoms. The molecule has 0 aromatic heterocycles. The minimum absolute atomic E-state index is 0.143. The van der Waals surface area contributed by atoms with Gasteiger partial charge in [-0.05, 0) is 33.1 Å². The molecule has 2 N–H and O–H groups in total. The average Bonchev–Trinajstić information content (AvgIpc) is 2.34. The standard InChI is InChI=1S/C15H33N3OS/c1-13(2)9-7-8-10-17-14(16-6)18-11-12-20(19)15(3,4)5/h13H,7-12H2,1-6H3,(H2,16,17,18). The van der Waals surface area contributed by atoms with Crippen molar-refractivity contribution in [2.45, 2.75) is 58.6 Å². The summed E-state index contributed by atoms with van der Waals surface area (Å²) in [5.41, 5.74) is 0. The molecule has 0 rings (SSSR count). The molecule has 0 fully saturated rings. The van der Waals surface area contributed by atoms with Gasteiger partial charge >= 0.3 is 0 Å². The lowest BCUT2D eigenvalue weighted by atomic mass is 10.1. The summed E-state index contributed by atoms with van der Waals surface area (Å²) in [4.78, 5) is 4.18. The summed E-state index contributed by atoms with van der Waals surface area (Å²) in [5.74, 6) is 2.23. The molecule has 0 aliphatic rings. The van der Waals surface area contributed by atoms with E-state index in [0.29, 0.717) is 12.3 Å². The Bertz CT molecular complexity index is 309. The Morgan fingerprint density at radius 3 is 2.25 bits per heavy atom. The normalized spacial score (nSPS) is 14.4. The highest BCUT2D eigenvalue weighted by Gasteiger charge is 2.18. The predicted octanol–water partition coefficient (Wildman–Crippen LogP) is 2.52. The van der Waals surface area contributed by atoms with Crippen molar-refractivity contribution in [1.29, 1.82) is 0 Å². The van der Waals surface area contributed by atoms with Gasteiger partial charge in [0.05, 0.1) is 0 Å². The highest BCUT2D eigenvalue weighted by atomic mass is 32.2. The molecule has 0 heterocycles. The zero-order chi connectivity index (χ0) is 15.6. The van der Waals surface area contributed by atoms with Gasteiger partial charge in [-0.2, -0.15) is 0 Å². The number of aliphatic imine (C=N–C) groups is 1. The van der Waals surface area contributed by atoms with Crippen molar-refractivity contribution in [3.05, 3.63) is 0 Å². The molecule has 20 heavy (non-hydrogen) atoms. The van der Waals surface area contributed by atoms with Gasteiger partial charge in [0, 0.05) is 41.4 Å². The predicted molar refractivity (Wildman–Crippen MR) is 90.8 cm³/mol. The van der Waals surface area contributed by atoms with E-state index in [-0.39, 0.29) is 4.75 Å². The van der Waals surface area contributed by atoms with Crippen molar-refractivity contribution in [1.82, 2.24) is 10.6 Å². The monoisotopic (exact) mass is 303 g/mol. The molecule has 0 aliphatic carbocycles. The van der Waals surface area contributed by atoms with Crippen LogP contribution < -0.4 is 10.6 Å². The zero-order valence-electron chi connectivity index (χ0n) is 14.1. The first-order valence-corrected chi connectivity index (χ1v) is 8.92. The maximum atomic E-state index is 11.9. The van der Waals surface area contributed by atoms with Crippen LogP contribution in [-0.4, -0.2) is 40.8 Å². The summed E-state index contributed by atoms with van der Waals surface area (Å²) >= 11 is 0. The number of rotatable bonds is 8. The maximum absolute atomic E-state index is 11.9. The quantitative estimate of drug-likeness (QED) is 0.411. The van der Waals surface area contributed by atoms with Crippen LogP contribution in [0.1, 0.15) is 53.9 Å². The molecule has 0 aromatic carbocycles. The minimum atomic E-state index is -0.815. The average molecular weight is 304 g/mol. The van der Waals surface area contributed by atoms with Crippen LogP contribution in [0, 0.1) is 5.92 Å². The highest BCUT2D eigenvalue weighted by Crippen LogP contribution is 2.10. The molecule has 0 amide bonds. The van der Waals surface area contributed by atoms with E-state index >= 15 is 0 Å². The van der Waals surface area contributed by atoms with Crippen molar-refractivity contribution in [3.8, 4) is 0 Å². The Balaban J connectivity index is 3.76. The lowest BCUT2D eigenvalue weighted by molar-refractivity contribution is 0.534. The van der Waals surface area contributed by atoms with Gasteiger partial charge in [-0.25, -0.2) is 0 Å². The van der Waals surface area contributed by atoms with Gasteiger partial charge in [0.15, 0.2) is 5.96 Å². The van der Waals surface area contributed by atoms with Gasteiger partial charge in [0.1, 0.15) is 0 Å². The fourth-order valence-corrected chi connectivity index (χ4v) is 2.57. The molecule has 120 valence electrons. The fraction of sp³-hybridized carbons (Fsp3) is 0.933. The van der Waals surface area contributed by atoms with Crippen LogP contribution in [0.15, 0.2) is 4.99 Å². The summed E-state index contributed by atoms with van der Waals surface area (Å²) in [7, 11) is 0.953. The van der Waals surface area contributed by atoms with Crippen LogP contribution in [0.3, 0.4) is 0 Å². The Hall–Kier alpha value is -0.580. The minimum Gasteiger partial charge on any atom is -0.356 e. The summed E-state index contributed by atoms with van der Waals surface area (Å²) in [5, 5.41) is 6.51. The first-order valence-electron chi connectivity index (χ1n) is 7.60. The SMILES string of the molecule is CN=C(NCCCCC(C)C)NCCS(=O)C(C)(C)C. The van der Waals surface area contributed by atoms with Crippen molar-refractivity contribution in [2.75, 3.05) is 25.9 Å². The number of unbranched alkanes of at least 4 members (excludes halogenated alkanes) is 1. The molecular weight excluding hydrogens is 270 g/mol. The largest absolute Gasteiger partial charge is 0.356 e. The number of nitrogens with zero attached hydrogens (tertiary/aromatic N) is 1.